The van der Waals surface area contributed by atoms with E-state index >= 15 is 0 Å². The zero-order valence-electron chi connectivity index (χ0n) is 14.9. The summed E-state index contributed by atoms with van der Waals surface area (Å²) in [6, 6.07) is 18.7. The molecule has 2 aromatic carbocycles. The molecule has 0 unspecified atom stereocenters. The van der Waals surface area contributed by atoms with E-state index in [1.165, 1.54) is 10.4 Å². The van der Waals surface area contributed by atoms with Gasteiger partial charge in [-0.2, -0.15) is 14.8 Å². The van der Waals surface area contributed by atoms with Crippen LogP contribution in [0.1, 0.15) is 17.2 Å². The summed E-state index contributed by atoms with van der Waals surface area (Å²) in [7, 11) is -3.90. The van der Waals surface area contributed by atoms with Crippen LogP contribution in [-0.2, 0) is 10.0 Å². The third-order valence-corrected chi connectivity index (χ3v) is 6.92. The summed E-state index contributed by atoms with van der Waals surface area (Å²) in [5.41, 5.74) is 0.0175. The molecule has 0 N–H and O–H groups in total. The largest absolute Gasteiger partial charge is 0.243 e. The second-order valence-corrected chi connectivity index (χ2v) is 8.53. The molecular formula is C21H19N3O2S. The zero-order valence-corrected chi connectivity index (χ0v) is 15.7. The van der Waals surface area contributed by atoms with Gasteiger partial charge in [0, 0.05) is 12.5 Å². The first kappa shape index (κ1) is 18.8. The number of hydrogen-bond acceptors (Lipinski definition) is 4. The molecule has 0 amide bonds. The van der Waals surface area contributed by atoms with E-state index < -0.39 is 27.4 Å². The molecule has 6 heteroatoms. The highest BCUT2D eigenvalue weighted by atomic mass is 32.2. The average Bonchev–Trinajstić information content (AvgIpc) is 3.04. The van der Waals surface area contributed by atoms with Crippen LogP contribution in [-0.4, -0.2) is 19.3 Å². The summed E-state index contributed by atoms with van der Waals surface area (Å²) in [6.45, 7) is 5.65. The van der Waals surface area contributed by atoms with Gasteiger partial charge in [0.1, 0.15) is 0 Å². The molecule has 0 aromatic heterocycles. The van der Waals surface area contributed by atoms with E-state index in [0.717, 1.165) is 5.56 Å². The van der Waals surface area contributed by atoms with E-state index in [4.69, 9.17) is 0 Å². The SMILES string of the molecule is C=C[C@H]1CN(S(=O)(=O)c2ccc(C)cc2)[C@@H](c2ccccc2)C1(C#N)C#N. The quantitative estimate of drug-likeness (QED) is 0.762. The van der Waals surface area contributed by atoms with Crippen molar-refractivity contribution in [2.45, 2.75) is 17.9 Å². The van der Waals surface area contributed by atoms with Crippen molar-refractivity contribution in [1.29, 1.82) is 10.5 Å². The van der Waals surface area contributed by atoms with Gasteiger partial charge >= 0.3 is 0 Å². The van der Waals surface area contributed by atoms with Crippen molar-refractivity contribution in [3.63, 3.8) is 0 Å². The Bertz CT molecular complexity index is 1020. The van der Waals surface area contributed by atoms with Gasteiger partial charge in [-0.3, -0.25) is 0 Å². The molecule has 5 nitrogen and oxygen atoms in total. The molecule has 0 radical (unpaired) electrons. The molecule has 1 aliphatic rings. The van der Waals surface area contributed by atoms with E-state index in [2.05, 4.69) is 18.7 Å². The molecule has 2 aromatic rings. The average molecular weight is 377 g/mol. The maximum Gasteiger partial charge on any atom is 0.243 e. The Balaban J connectivity index is 2.22. The summed E-state index contributed by atoms with van der Waals surface area (Å²) in [5.74, 6) is -0.599. The molecular weight excluding hydrogens is 358 g/mol. The highest BCUT2D eigenvalue weighted by Crippen LogP contribution is 2.52. The van der Waals surface area contributed by atoms with Gasteiger partial charge in [0.05, 0.1) is 23.1 Å². The molecule has 0 saturated carbocycles. The summed E-state index contributed by atoms with van der Waals surface area (Å²) in [5, 5.41) is 19.8. The third-order valence-electron chi connectivity index (χ3n) is 5.08. The van der Waals surface area contributed by atoms with Crippen LogP contribution in [0.3, 0.4) is 0 Å². The second-order valence-electron chi connectivity index (χ2n) is 6.64. The normalized spacial score (nSPS) is 21.9. The molecule has 27 heavy (non-hydrogen) atoms. The number of benzene rings is 2. The lowest BCUT2D eigenvalue weighted by atomic mass is 9.73. The predicted octanol–water partition coefficient (Wildman–Crippen LogP) is 3.58. The van der Waals surface area contributed by atoms with Gasteiger partial charge in [-0.25, -0.2) is 8.42 Å². The Hall–Kier alpha value is -2.93. The smallest absolute Gasteiger partial charge is 0.207 e. The lowest BCUT2D eigenvalue weighted by Crippen LogP contribution is -2.35. The minimum absolute atomic E-state index is 0.0282. The van der Waals surface area contributed by atoms with Crippen molar-refractivity contribution in [3.8, 4) is 12.1 Å². The van der Waals surface area contributed by atoms with Gasteiger partial charge in [0.2, 0.25) is 10.0 Å². The minimum Gasteiger partial charge on any atom is -0.207 e. The highest BCUT2D eigenvalue weighted by Gasteiger charge is 2.58. The van der Waals surface area contributed by atoms with Crippen LogP contribution in [0.25, 0.3) is 0 Å². The standard InChI is InChI=1S/C21H19N3O2S/c1-3-18-13-24(27(25,26)19-11-9-16(2)10-12-19)20(21(18,14-22)15-23)17-7-5-4-6-8-17/h3-12,18,20H,1,13H2,2H3/t18-,20-/m0/s1. The first-order chi connectivity index (χ1) is 12.9. The summed E-state index contributed by atoms with van der Waals surface area (Å²) >= 11 is 0. The molecule has 3 rings (SSSR count). The van der Waals surface area contributed by atoms with E-state index in [1.807, 2.05) is 13.0 Å². The van der Waals surface area contributed by atoms with Gasteiger partial charge in [0.25, 0.3) is 0 Å². The molecule has 0 bridgehead atoms. The van der Waals surface area contributed by atoms with Gasteiger partial charge in [0.15, 0.2) is 5.41 Å². The van der Waals surface area contributed by atoms with Crippen LogP contribution in [0.5, 0.6) is 0 Å². The first-order valence-electron chi connectivity index (χ1n) is 8.49. The summed E-state index contributed by atoms with van der Waals surface area (Å²) in [4.78, 5) is 0.142. The Morgan fingerprint density at radius 2 is 1.70 bits per heavy atom. The topological polar surface area (TPSA) is 85.0 Å². The molecule has 1 heterocycles. The van der Waals surface area contributed by atoms with Crippen LogP contribution in [0.4, 0.5) is 0 Å². The number of hydrogen-bond donors (Lipinski definition) is 0. The van der Waals surface area contributed by atoms with Crippen LogP contribution in [0.2, 0.25) is 0 Å². The fourth-order valence-corrected chi connectivity index (χ4v) is 5.27. The lowest BCUT2D eigenvalue weighted by Gasteiger charge is -2.29. The Morgan fingerprint density at radius 3 is 2.22 bits per heavy atom. The molecule has 1 fully saturated rings. The summed E-state index contributed by atoms with van der Waals surface area (Å²) < 4.78 is 28.0. The molecule has 0 aliphatic carbocycles. The molecule has 0 spiro atoms. The Morgan fingerprint density at radius 1 is 1.11 bits per heavy atom. The van der Waals surface area contributed by atoms with Gasteiger partial charge in [-0.1, -0.05) is 54.1 Å². The first-order valence-corrected chi connectivity index (χ1v) is 9.93. The molecule has 1 aliphatic heterocycles. The highest BCUT2D eigenvalue weighted by molar-refractivity contribution is 7.89. The van der Waals surface area contributed by atoms with E-state index in [9.17, 15) is 18.9 Å². The second kappa shape index (κ2) is 7.00. The molecule has 136 valence electrons. The van der Waals surface area contributed by atoms with Crippen LogP contribution >= 0.6 is 0 Å². The van der Waals surface area contributed by atoms with E-state index in [1.54, 1.807) is 48.5 Å². The van der Waals surface area contributed by atoms with Crippen LogP contribution in [0.15, 0.2) is 72.1 Å². The van der Waals surface area contributed by atoms with Crippen molar-refractivity contribution >= 4 is 10.0 Å². The summed E-state index contributed by atoms with van der Waals surface area (Å²) in [6.07, 6.45) is 1.51. The maximum absolute atomic E-state index is 13.4. The number of rotatable bonds is 4. The van der Waals surface area contributed by atoms with Crippen molar-refractivity contribution in [2.75, 3.05) is 6.54 Å². The van der Waals surface area contributed by atoms with Crippen molar-refractivity contribution < 1.29 is 8.42 Å². The van der Waals surface area contributed by atoms with Crippen LogP contribution < -0.4 is 0 Å². The maximum atomic E-state index is 13.4. The van der Waals surface area contributed by atoms with Crippen molar-refractivity contribution in [1.82, 2.24) is 4.31 Å². The third kappa shape index (κ3) is 2.94. The Kier molecular flexibility index (Phi) is 4.89. The number of sulfonamides is 1. The Labute approximate surface area is 159 Å². The fraction of sp³-hybridized carbons (Fsp3) is 0.238. The van der Waals surface area contributed by atoms with E-state index in [0.29, 0.717) is 5.56 Å². The van der Waals surface area contributed by atoms with Gasteiger partial charge in [-0.05, 0) is 24.6 Å². The molecule has 1 saturated heterocycles. The van der Waals surface area contributed by atoms with Crippen molar-refractivity contribution in [3.05, 3.63) is 78.4 Å². The van der Waals surface area contributed by atoms with E-state index in [-0.39, 0.29) is 11.4 Å². The number of nitrogens with zero attached hydrogens (tertiary/aromatic N) is 3. The van der Waals surface area contributed by atoms with Crippen LogP contribution in [0, 0.1) is 40.9 Å². The molecule has 2 atom stereocenters. The lowest BCUT2D eigenvalue weighted by molar-refractivity contribution is 0.327. The zero-order chi connectivity index (χ0) is 19.7. The van der Waals surface area contributed by atoms with Gasteiger partial charge in [-0.15, -0.1) is 6.58 Å². The van der Waals surface area contributed by atoms with Gasteiger partial charge < -0.3 is 0 Å². The van der Waals surface area contributed by atoms with Crippen molar-refractivity contribution in [2.24, 2.45) is 11.3 Å². The fourth-order valence-electron chi connectivity index (χ4n) is 3.59. The number of nitriles is 2. The monoisotopic (exact) mass is 377 g/mol. The minimum atomic E-state index is -3.90. The predicted molar refractivity (Wildman–Crippen MR) is 102 cm³/mol. The number of aryl methyl sites for hydroxylation is 1.